The molecule has 0 fully saturated rings. The number of rotatable bonds is 3. The average molecular weight is 369 g/mol. The lowest BCUT2D eigenvalue weighted by Gasteiger charge is -2.08. The van der Waals surface area contributed by atoms with Crippen molar-refractivity contribution >= 4 is 42.9 Å². The predicted molar refractivity (Wildman–Crippen MR) is 77.8 cm³/mol. The second kappa shape index (κ2) is 5.86. The van der Waals surface area contributed by atoms with Gasteiger partial charge in [-0.1, -0.05) is 11.6 Å². The summed E-state index contributed by atoms with van der Waals surface area (Å²) in [6.07, 6.45) is 1.13. The summed E-state index contributed by atoms with van der Waals surface area (Å²) in [5.41, 5.74) is -0.424. The van der Waals surface area contributed by atoms with Gasteiger partial charge >= 0.3 is 0 Å². The largest absolute Gasteiger partial charge is 0.345 e. The first-order valence-corrected chi connectivity index (χ1v) is 8.36. The van der Waals surface area contributed by atoms with Gasteiger partial charge in [-0.2, -0.15) is 0 Å². The van der Waals surface area contributed by atoms with Crippen LogP contribution in [0.15, 0.2) is 29.3 Å². The van der Waals surface area contributed by atoms with Crippen molar-refractivity contribution in [2.24, 2.45) is 7.05 Å². The van der Waals surface area contributed by atoms with Crippen LogP contribution in [0, 0.1) is 11.6 Å². The maximum absolute atomic E-state index is 13.7. The molecule has 1 N–H and O–H groups in total. The van der Waals surface area contributed by atoms with Crippen LogP contribution in [-0.2, 0) is 16.1 Å². The molecule has 0 atom stereocenters. The van der Waals surface area contributed by atoms with E-state index >= 15 is 0 Å². The van der Waals surface area contributed by atoms with E-state index in [1.807, 2.05) is 0 Å². The van der Waals surface area contributed by atoms with Gasteiger partial charge in [-0.15, -0.1) is 0 Å². The number of carbonyl (C=O) groups is 1. The molecule has 118 valence electrons. The smallest absolute Gasteiger partial charge is 0.272 e. The third kappa shape index (κ3) is 3.23. The summed E-state index contributed by atoms with van der Waals surface area (Å²) in [5, 5.41) is 1.42. The van der Waals surface area contributed by atoms with Crippen LogP contribution >= 0.6 is 22.3 Å². The first-order chi connectivity index (χ1) is 10.1. The molecular weight excluding hydrogens is 361 g/mol. The van der Waals surface area contributed by atoms with Crippen molar-refractivity contribution in [1.29, 1.82) is 0 Å². The Hall–Kier alpha value is -1.64. The van der Waals surface area contributed by atoms with E-state index in [-0.39, 0.29) is 16.3 Å². The molecule has 1 heterocycles. The Balaban J connectivity index is 2.35. The molecule has 0 aliphatic heterocycles. The van der Waals surface area contributed by atoms with Crippen LogP contribution in [-0.4, -0.2) is 18.9 Å². The van der Waals surface area contributed by atoms with Crippen molar-refractivity contribution in [3.05, 3.63) is 46.7 Å². The van der Waals surface area contributed by atoms with E-state index < -0.39 is 31.6 Å². The molecule has 0 bridgehead atoms. The Morgan fingerprint density at radius 2 is 1.95 bits per heavy atom. The number of nitrogens with one attached hydrogen (secondary N) is 1. The fraction of sp³-hybridized carbons (Fsp3) is 0.0833. The molecule has 1 aromatic heterocycles. The van der Waals surface area contributed by atoms with Crippen molar-refractivity contribution in [3.8, 4) is 0 Å². The Labute approximate surface area is 133 Å². The molecule has 2 rings (SSSR count). The number of nitrogens with zero attached hydrogens (tertiary/aromatic N) is 1. The van der Waals surface area contributed by atoms with Crippen LogP contribution in [0.2, 0.25) is 5.02 Å². The minimum absolute atomic E-state index is 0.0842. The zero-order chi connectivity index (χ0) is 16.7. The first-order valence-electron chi connectivity index (χ1n) is 5.67. The summed E-state index contributed by atoms with van der Waals surface area (Å²) in [4.78, 5) is 11.8. The summed E-state index contributed by atoms with van der Waals surface area (Å²) < 4.78 is 50.4. The van der Waals surface area contributed by atoms with Crippen molar-refractivity contribution in [2.75, 3.05) is 5.32 Å². The molecular formula is C12H8Cl2F2N2O3S. The van der Waals surface area contributed by atoms with Crippen molar-refractivity contribution in [3.63, 3.8) is 0 Å². The van der Waals surface area contributed by atoms with E-state index in [0.29, 0.717) is 0 Å². The van der Waals surface area contributed by atoms with Crippen LogP contribution in [0.25, 0.3) is 0 Å². The lowest BCUT2D eigenvalue weighted by atomic mass is 10.2. The number of amides is 1. The van der Waals surface area contributed by atoms with Gasteiger partial charge in [0.15, 0.2) is 5.82 Å². The highest BCUT2D eigenvalue weighted by molar-refractivity contribution is 8.13. The van der Waals surface area contributed by atoms with Crippen molar-refractivity contribution < 1.29 is 22.0 Å². The molecule has 5 nitrogen and oxygen atoms in total. The van der Waals surface area contributed by atoms with Gasteiger partial charge in [0.1, 0.15) is 21.4 Å². The molecule has 22 heavy (non-hydrogen) atoms. The maximum Gasteiger partial charge on any atom is 0.272 e. The topological polar surface area (TPSA) is 68.2 Å². The summed E-state index contributed by atoms with van der Waals surface area (Å²) >= 11 is 5.40. The summed E-state index contributed by atoms with van der Waals surface area (Å²) in [5.74, 6) is -2.91. The van der Waals surface area contributed by atoms with Gasteiger partial charge < -0.3 is 9.88 Å². The van der Waals surface area contributed by atoms with Gasteiger partial charge in [-0.25, -0.2) is 17.2 Å². The summed E-state index contributed by atoms with van der Waals surface area (Å²) in [6.45, 7) is 0. The van der Waals surface area contributed by atoms with E-state index in [1.165, 1.54) is 11.6 Å². The quantitative estimate of drug-likeness (QED) is 0.668. The number of aryl methyl sites for hydroxylation is 1. The van der Waals surface area contributed by atoms with Crippen molar-refractivity contribution in [1.82, 2.24) is 4.57 Å². The Morgan fingerprint density at radius 1 is 1.32 bits per heavy atom. The van der Waals surface area contributed by atoms with E-state index in [9.17, 15) is 22.0 Å². The number of halogens is 4. The van der Waals surface area contributed by atoms with E-state index in [4.69, 9.17) is 22.3 Å². The molecule has 10 heteroatoms. The van der Waals surface area contributed by atoms with Gasteiger partial charge in [-0.3, -0.25) is 4.79 Å². The monoisotopic (exact) mass is 368 g/mol. The highest BCUT2D eigenvalue weighted by Gasteiger charge is 2.20. The SMILES string of the molecule is Cn1cc(S(=O)(=O)Cl)cc1C(=O)Nc1ccc(F)c(Cl)c1F. The van der Waals surface area contributed by atoms with E-state index in [2.05, 4.69) is 5.32 Å². The maximum atomic E-state index is 13.7. The van der Waals surface area contributed by atoms with Crippen LogP contribution < -0.4 is 5.32 Å². The zero-order valence-electron chi connectivity index (χ0n) is 10.9. The number of carbonyl (C=O) groups excluding carboxylic acids is 1. The van der Waals surface area contributed by atoms with Gasteiger partial charge in [0.25, 0.3) is 15.0 Å². The molecule has 0 saturated heterocycles. The Kier molecular flexibility index (Phi) is 4.46. The number of aromatic nitrogens is 1. The van der Waals surface area contributed by atoms with Crippen LogP contribution in [0.4, 0.5) is 14.5 Å². The molecule has 0 unspecified atom stereocenters. The normalized spacial score (nSPS) is 11.5. The fourth-order valence-corrected chi connectivity index (χ4v) is 2.66. The van der Waals surface area contributed by atoms with Crippen molar-refractivity contribution in [2.45, 2.75) is 4.90 Å². The van der Waals surface area contributed by atoms with Crippen LogP contribution in [0.5, 0.6) is 0 Å². The lowest BCUT2D eigenvalue weighted by molar-refractivity contribution is 0.101. The highest BCUT2D eigenvalue weighted by atomic mass is 35.7. The summed E-state index contributed by atoms with van der Waals surface area (Å²) in [7, 11) is 2.59. The van der Waals surface area contributed by atoms with Crippen LogP contribution in [0.1, 0.15) is 10.5 Å². The highest BCUT2D eigenvalue weighted by Crippen LogP contribution is 2.26. The molecule has 2 aromatic rings. The molecule has 1 aromatic carbocycles. The third-order valence-corrected chi connectivity index (χ3v) is 4.44. The number of hydrogen-bond donors (Lipinski definition) is 1. The molecule has 0 aliphatic carbocycles. The molecule has 0 aliphatic rings. The van der Waals surface area contributed by atoms with Crippen LogP contribution in [0.3, 0.4) is 0 Å². The fourth-order valence-electron chi connectivity index (χ4n) is 1.70. The number of anilines is 1. The number of benzene rings is 1. The number of hydrogen-bond acceptors (Lipinski definition) is 3. The summed E-state index contributed by atoms with van der Waals surface area (Å²) in [6, 6.07) is 2.91. The Bertz CT molecular complexity index is 865. The Morgan fingerprint density at radius 3 is 2.50 bits per heavy atom. The second-order valence-electron chi connectivity index (χ2n) is 4.29. The first kappa shape index (κ1) is 16.7. The standard InChI is InChI=1S/C12H8Cl2F2N2O3S/c1-18-5-6(22(14,20)21)4-9(18)12(19)17-8-3-2-7(15)10(13)11(8)16/h2-5H,1H3,(H,17,19). The molecule has 0 spiro atoms. The van der Waals surface area contributed by atoms with Gasteiger partial charge in [0.2, 0.25) is 0 Å². The van der Waals surface area contributed by atoms with E-state index in [0.717, 1.165) is 24.4 Å². The van der Waals surface area contributed by atoms with Gasteiger partial charge in [0, 0.05) is 23.9 Å². The van der Waals surface area contributed by atoms with E-state index in [1.54, 1.807) is 0 Å². The molecule has 1 amide bonds. The minimum atomic E-state index is -4.00. The van der Waals surface area contributed by atoms with Gasteiger partial charge in [-0.05, 0) is 18.2 Å². The lowest BCUT2D eigenvalue weighted by Crippen LogP contribution is -2.16. The average Bonchev–Trinajstić information content (AvgIpc) is 2.81. The minimum Gasteiger partial charge on any atom is -0.345 e. The predicted octanol–water partition coefficient (Wildman–Crippen LogP) is 3.14. The third-order valence-electron chi connectivity index (χ3n) is 2.78. The molecule has 0 saturated carbocycles. The van der Waals surface area contributed by atoms with Gasteiger partial charge in [0.05, 0.1) is 5.69 Å². The second-order valence-corrected chi connectivity index (χ2v) is 7.23. The molecule has 0 radical (unpaired) electrons. The zero-order valence-corrected chi connectivity index (χ0v) is 13.2.